The molecule has 0 aromatic heterocycles. The molecule has 222 valence electrons. The lowest BCUT2D eigenvalue weighted by Gasteiger charge is -2.37. The van der Waals surface area contributed by atoms with E-state index in [-0.39, 0.29) is 11.5 Å². The monoisotopic (exact) mass is 611 g/mol. The predicted molar refractivity (Wildman–Crippen MR) is 161 cm³/mol. The summed E-state index contributed by atoms with van der Waals surface area (Å²) in [5.41, 5.74) is 7.66. The van der Waals surface area contributed by atoms with Crippen molar-refractivity contribution < 1.29 is 36.2 Å². The van der Waals surface area contributed by atoms with Crippen LogP contribution in [-0.2, 0) is 29.2 Å². The lowest BCUT2D eigenvalue weighted by atomic mass is 9.80. The van der Waals surface area contributed by atoms with E-state index < -0.39 is 37.0 Å². The summed E-state index contributed by atoms with van der Waals surface area (Å²) < 4.78 is 54.1. The van der Waals surface area contributed by atoms with E-state index in [9.17, 15) is 13.3 Å². The van der Waals surface area contributed by atoms with Gasteiger partial charge in [-0.15, -0.1) is 0 Å². The van der Waals surface area contributed by atoms with E-state index in [2.05, 4.69) is 0 Å². The summed E-state index contributed by atoms with van der Waals surface area (Å²) >= 11 is 0. The van der Waals surface area contributed by atoms with E-state index in [1.165, 1.54) is 12.1 Å². The molecule has 0 amide bonds. The molecule has 4 rings (SSSR count). The molecule has 0 radical (unpaired) electrons. The molecule has 4 aromatic rings. The van der Waals surface area contributed by atoms with Crippen LogP contribution in [0.2, 0.25) is 0 Å². The lowest BCUT2D eigenvalue weighted by Crippen LogP contribution is -2.37. The number of hydrogen-bond donors (Lipinski definition) is 2. The van der Waals surface area contributed by atoms with Gasteiger partial charge in [0.15, 0.2) is 0 Å². The Hall–Kier alpha value is -3.34. The molecule has 0 aliphatic rings. The molecule has 0 fully saturated rings. The molecular formula is C31H34NO8PS. The fourth-order valence-corrected chi connectivity index (χ4v) is 5.86. The molecule has 0 saturated heterocycles. The zero-order valence-corrected chi connectivity index (χ0v) is 25.3. The van der Waals surface area contributed by atoms with Crippen molar-refractivity contribution in [2.45, 2.75) is 23.5 Å². The minimum Gasteiger partial charge on any atom is -0.497 e. The Balaban J connectivity index is 1.73. The summed E-state index contributed by atoms with van der Waals surface area (Å²) in [5.74, 6) is 1.33. The van der Waals surface area contributed by atoms with Gasteiger partial charge in [0.1, 0.15) is 23.2 Å². The van der Waals surface area contributed by atoms with E-state index in [4.69, 9.17) is 28.4 Å². The largest absolute Gasteiger partial charge is 0.497 e. The first-order valence-corrected chi connectivity index (χ1v) is 15.7. The Morgan fingerprint density at radius 2 is 1.26 bits per heavy atom. The van der Waals surface area contributed by atoms with E-state index in [1.54, 1.807) is 26.4 Å². The topological polar surface area (TPSA) is 127 Å². The van der Waals surface area contributed by atoms with Crippen molar-refractivity contribution in [3.05, 3.63) is 125 Å². The third-order valence-electron chi connectivity index (χ3n) is 6.63. The fraction of sp³-hybridized carbons (Fsp3) is 0.226. The molecule has 4 aromatic carbocycles. The molecule has 3 N–H and O–H groups in total. The minimum atomic E-state index is -4.11. The van der Waals surface area contributed by atoms with Crippen LogP contribution in [0.25, 0.3) is 0 Å². The van der Waals surface area contributed by atoms with E-state index >= 15 is 0 Å². The van der Waals surface area contributed by atoms with Crippen LogP contribution in [0.15, 0.2) is 108 Å². The van der Waals surface area contributed by atoms with Crippen molar-refractivity contribution in [1.82, 2.24) is 0 Å². The van der Waals surface area contributed by atoms with Gasteiger partial charge in [-0.25, -0.2) is 0 Å². The molecule has 0 aliphatic carbocycles. The van der Waals surface area contributed by atoms with Gasteiger partial charge in [0.2, 0.25) is 0 Å². The highest BCUT2D eigenvalue weighted by Crippen LogP contribution is 2.42. The van der Waals surface area contributed by atoms with Gasteiger partial charge < -0.3 is 23.6 Å². The van der Waals surface area contributed by atoms with E-state index in [1.807, 2.05) is 85.8 Å². The maximum atomic E-state index is 12.9. The number of ether oxygens (including phenoxy) is 3. The van der Waals surface area contributed by atoms with E-state index in [0.717, 1.165) is 22.3 Å². The molecule has 0 spiro atoms. The van der Waals surface area contributed by atoms with Crippen LogP contribution in [0.1, 0.15) is 22.3 Å². The highest BCUT2D eigenvalue weighted by atomic mass is 32.2. The first-order chi connectivity index (χ1) is 20.2. The zero-order valence-electron chi connectivity index (χ0n) is 23.5. The Morgan fingerprint density at radius 3 is 1.74 bits per heavy atom. The maximum Gasteiger partial charge on any atom is 0.297 e. The Bertz CT molecular complexity index is 1470. The van der Waals surface area contributed by atoms with Gasteiger partial charge in [-0.2, -0.15) is 8.42 Å². The van der Waals surface area contributed by atoms with Gasteiger partial charge in [-0.3, -0.25) is 9.69 Å². The molecule has 0 heterocycles. The first kappa shape index (κ1) is 31.6. The second kappa shape index (κ2) is 14.2. The molecule has 2 atom stereocenters. The van der Waals surface area contributed by atoms with Crippen molar-refractivity contribution in [2.24, 2.45) is 5.50 Å². The summed E-state index contributed by atoms with van der Waals surface area (Å²) in [6, 6.07) is 30.8. The number of benzene rings is 4. The second-order valence-electron chi connectivity index (χ2n) is 9.40. The van der Waals surface area contributed by atoms with Crippen LogP contribution in [0.3, 0.4) is 0 Å². The molecular weight excluding hydrogens is 577 g/mol. The Kier molecular flexibility index (Phi) is 10.7. The van der Waals surface area contributed by atoms with Gasteiger partial charge in [0.25, 0.3) is 18.6 Å². The van der Waals surface area contributed by atoms with Gasteiger partial charge >= 0.3 is 0 Å². The Labute approximate surface area is 247 Å². The molecule has 0 aliphatic heterocycles. The SMILES string of the molecule is COc1ccc(C(OCC(COS(=O)(=O)c2ccc(C)cc2)OP(N)O)(c2ccccc2)c2ccc(OC)cc2)cc1. The second-order valence-corrected chi connectivity index (χ2v) is 11.8. The first-order valence-electron chi connectivity index (χ1n) is 13.0. The zero-order chi connectivity index (χ0) is 30.2. The highest BCUT2D eigenvalue weighted by molar-refractivity contribution is 7.86. The third-order valence-corrected chi connectivity index (χ3v) is 8.44. The lowest BCUT2D eigenvalue weighted by molar-refractivity contribution is -0.0401. The summed E-state index contributed by atoms with van der Waals surface area (Å²) in [6.45, 7) is 1.23. The molecule has 0 saturated carbocycles. The van der Waals surface area contributed by atoms with Crippen LogP contribution >= 0.6 is 8.53 Å². The van der Waals surface area contributed by atoms with Crippen molar-refractivity contribution in [1.29, 1.82) is 0 Å². The predicted octanol–water partition coefficient (Wildman–Crippen LogP) is 5.29. The molecule has 9 nitrogen and oxygen atoms in total. The molecule has 11 heteroatoms. The number of nitrogens with two attached hydrogens (primary N) is 1. The Morgan fingerprint density at radius 1 is 0.762 bits per heavy atom. The summed E-state index contributed by atoms with van der Waals surface area (Å²) in [5, 5.41) is 0. The smallest absolute Gasteiger partial charge is 0.297 e. The maximum absolute atomic E-state index is 12.9. The van der Waals surface area contributed by atoms with Crippen LogP contribution in [0, 0.1) is 6.92 Å². The van der Waals surface area contributed by atoms with Crippen molar-refractivity contribution in [3.63, 3.8) is 0 Å². The summed E-state index contributed by atoms with van der Waals surface area (Å²) in [7, 11) is -3.29. The molecule has 42 heavy (non-hydrogen) atoms. The summed E-state index contributed by atoms with van der Waals surface area (Å²) in [4.78, 5) is 9.93. The summed E-state index contributed by atoms with van der Waals surface area (Å²) in [6.07, 6.45) is -1.04. The molecule has 0 bridgehead atoms. The number of hydrogen-bond acceptors (Lipinski definition) is 9. The van der Waals surface area contributed by atoms with Crippen molar-refractivity contribution in [3.8, 4) is 11.5 Å². The highest BCUT2D eigenvalue weighted by Gasteiger charge is 2.39. The van der Waals surface area contributed by atoms with E-state index in [0.29, 0.717) is 11.5 Å². The average molecular weight is 612 g/mol. The van der Waals surface area contributed by atoms with Gasteiger partial charge in [-0.05, 0) is 60.0 Å². The number of methoxy groups -OCH3 is 2. The average Bonchev–Trinajstić information content (AvgIpc) is 3.01. The molecule has 2 unspecified atom stereocenters. The fourth-order valence-electron chi connectivity index (χ4n) is 4.49. The van der Waals surface area contributed by atoms with Crippen LogP contribution < -0.4 is 15.0 Å². The van der Waals surface area contributed by atoms with Gasteiger partial charge in [0.05, 0.1) is 32.3 Å². The van der Waals surface area contributed by atoms with Crippen molar-refractivity contribution in [2.75, 3.05) is 27.4 Å². The van der Waals surface area contributed by atoms with Crippen LogP contribution in [0.5, 0.6) is 11.5 Å². The van der Waals surface area contributed by atoms with Gasteiger partial charge in [-0.1, -0.05) is 72.3 Å². The normalized spacial score (nSPS) is 13.4. The third kappa shape index (κ3) is 7.53. The minimum absolute atomic E-state index is 0.00174. The van der Waals surface area contributed by atoms with Crippen molar-refractivity contribution >= 4 is 18.6 Å². The van der Waals surface area contributed by atoms with Crippen LogP contribution in [-0.4, -0.2) is 46.8 Å². The quantitative estimate of drug-likeness (QED) is 0.111. The van der Waals surface area contributed by atoms with Crippen LogP contribution in [0.4, 0.5) is 0 Å². The van der Waals surface area contributed by atoms with Gasteiger partial charge in [0, 0.05) is 0 Å². The number of rotatable bonds is 14. The standard InChI is InChI=1S/C31H34NO8PS/c1-23-9-19-30(20-10-23)42(34,35)39-22-29(40-41(32)33)21-38-31(24-7-5-4-6-8-24,25-11-15-27(36-2)16-12-25)26-13-17-28(37-3)18-14-26/h4-20,29,33H,21-22,32H2,1-3H3. The number of aryl methyl sites for hydroxylation is 1.